The zero-order chi connectivity index (χ0) is 13.3. The fraction of sp³-hybridized carbons (Fsp3) is 0.706. The lowest BCUT2D eigenvalue weighted by Crippen LogP contribution is -2.46. The van der Waals surface area contributed by atoms with Gasteiger partial charge in [0.15, 0.2) is 0 Å². The Morgan fingerprint density at radius 3 is 2.74 bits per heavy atom. The van der Waals surface area contributed by atoms with Gasteiger partial charge in [-0.1, -0.05) is 25.8 Å². The van der Waals surface area contributed by atoms with Crippen LogP contribution in [0.4, 0.5) is 0 Å². The van der Waals surface area contributed by atoms with Crippen LogP contribution < -0.4 is 5.73 Å². The minimum atomic E-state index is 0.00619. The molecule has 1 heterocycles. The summed E-state index contributed by atoms with van der Waals surface area (Å²) in [5.74, 6) is 1.90. The van der Waals surface area contributed by atoms with Gasteiger partial charge in [0.25, 0.3) is 0 Å². The normalized spacial score (nSPS) is 31.4. The minimum absolute atomic E-state index is 0.00619. The van der Waals surface area contributed by atoms with Crippen LogP contribution in [0.3, 0.4) is 0 Å². The standard InChI is InChI=1S/C17H26N2/c1-2-13-5-8-16(19-12-13)11-17(18)9-3-4-15(10-17)14-6-7-14/h5,8,12,14-15H,2-4,6-7,9-11,18H2,1H3. The Hall–Kier alpha value is -0.890. The van der Waals surface area contributed by atoms with Gasteiger partial charge in [-0.2, -0.15) is 0 Å². The largest absolute Gasteiger partial charge is 0.325 e. The molecule has 1 aromatic rings. The molecule has 2 saturated carbocycles. The van der Waals surface area contributed by atoms with E-state index in [0.717, 1.165) is 24.7 Å². The first-order valence-corrected chi connectivity index (χ1v) is 7.91. The first-order chi connectivity index (χ1) is 9.18. The number of hydrogen-bond donors (Lipinski definition) is 1. The Morgan fingerprint density at radius 1 is 1.26 bits per heavy atom. The molecule has 2 N–H and O–H groups in total. The highest BCUT2D eigenvalue weighted by Crippen LogP contribution is 2.46. The van der Waals surface area contributed by atoms with Gasteiger partial charge in [-0.15, -0.1) is 0 Å². The van der Waals surface area contributed by atoms with Crippen molar-refractivity contribution in [2.45, 2.75) is 63.8 Å². The molecule has 0 amide bonds. The molecule has 0 radical (unpaired) electrons. The van der Waals surface area contributed by atoms with Gasteiger partial charge in [0, 0.05) is 23.9 Å². The fourth-order valence-corrected chi connectivity index (χ4v) is 3.70. The van der Waals surface area contributed by atoms with Crippen LogP contribution in [0.15, 0.2) is 18.3 Å². The van der Waals surface area contributed by atoms with Gasteiger partial charge in [-0.25, -0.2) is 0 Å². The third-order valence-corrected chi connectivity index (χ3v) is 5.03. The van der Waals surface area contributed by atoms with Crippen molar-refractivity contribution in [1.29, 1.82) is 0 Å². The molecule has 2 aliphatic rings. The highest BCUT2D eigenvalue weighted by Gasteiger charge is 2.40. The third-order valence-electron chi connectivity index (χ3n) is 5.03. The van der Waals surface area contributed by atoms with E-state index in [0.29, 0.717) is 0 Å². The van der Waals surface area contributed by atoms with Crippen molar-refractivity contribution >= 4 is 0 Å². The number of aromatic nitrogens is 1. The van der Waals surface area contributed by atoms with Crippen LogP contribution in [-0.2, 0) is 12.8 Å². The molecule has 2 aliphatic carbocycles. The summed E-state index contributed by atoms with van der Waals surface area (Å²) in [4.78, 5) is 4.59. The van der Waals surface area contributed by atoms with Gasteiger partial charge < -0.3 is 5.73 Å². The number of pyridine rings is 1. The summed E-state index contributed by atoms with van der Waals surface area (Å²) in [6.45, 7) is 2.17. The highest BCUT2D eigenvalue weighted by molar-refractivity contribution is 5.16. The van der Waals surface area contributed by atoms with Gasteiger partial charge in [0.05, 0.1) is 0 Å². The maximum Gasteiger partial charge on any atom is 0.0422 e. The molecule has 2 nitrogen and oxygen atoms in total. The molecule has 0 aliphatic heterocycles. The van der Waals surface area contributed by atoms with Crippen molar-refractivity contribution in [2.75, 3.05) is 0 Å². The predicted molar refractivity (Wildman–Crippen MR) is 78.9 cm³/mol. The maximum atomic E-state index is 6.68. The number of hydrogen-bond acceptors (Lipinski definition) is 2. The topological polar surface area (TPSA) is 38.9 Å². The summed E-state index contributed by atoms with van der Waals surface area (Å²) in [5.41, 5.74) is 9.17. The third kappa shape index (κ3) is 3.17. The van der Waals surface area contributed by atoms with Crippen molar-refractivity contribution in [2.24, 2.45) is 17.6 Å². The lowest BCUT2D eigenvalue weighted by atomic mass is 9.72. The molecule has 3 rings (SSSR count). The second-order valence-corrected chi connectivity index (χ2v) is 6.74. The second-order valence-electron chi connectivity index (χ2n) is 6.74. The molecular weight excluding hydrogens is 232 g/mol. The van der Waals surface area contributed by atoms with Crippen molar-refractivity contribution < 1.29 is 0 Å². The molecular formula is C17H26N2. The average Bonchev–Trinajstić information content (AvgIpc) is 3.23. The molecule has 0 aromatic carbocycles. The Morgan fingerprint density at radius 2 is 2.11 bits per heavy atom. The summed E-state index contributed by atoms with van der Waals surface area (Å²) in [6.07, 6.45) is 12.0. The lowest BCUT2D eigenvalue weighted by Gasteiger charge is -2.38. The van der Waals surface area contributed by atoms with E-state index in [1.165, 1.54) is 49.8 Å². The highest BCUT2D eigenvalue weighted by atomic mass is 14.8. The van der Waals surface area contributed by atoms with E-state index in [1.54, 1.807) is 0 Å². The SMILES string of the molecule is CCc1ccc(CC2(N)CCCC(C3CC3)C2)nc1. The average molecular weight is 258 g/mol. The Kier molecular flexibility index (Phi) is 3.62. The van der Waals surface area contributed by atoms with Crippen LogP contribution in [0.2, 0.25) is 0 Å². The Bertz CT molecular complexity index is 421. The number of aryl methyl sites for hydroxylation is 1. The summed E-state index contributed by atoms with van der Waals surface area (Å²) < 4.78 is 0. The van der Waals surface area contributed by atoms with Crippen LogP contribution in [0.5, 0.6) is 0 Å². The molecule has 104 valence electrons. The van der Waals surface area contributed by atoms with Crippen molar-refractivity contribution in [3.8, 4) is 0 Å². The summed E-state index contributed by atoms with van der Waals surface area (Å²) in [6, 6.07) is 4.38. The van der Waals surface area contributed by atoms with E-state index < -0.39 is 0 Å². The molecule has 0 saturated heterocycles. The molecule has 2 heteroatoms. The summed E-state index contributed by atoms with van der Waals surface area (Å²) in [5, 5.41) is 0. The van der Waals surface area contributed by atoms with Crippen LogP contribution in [-0.4, -0.2) is 10.5 Å². The van der Waals surface area contributed by atoms with Crippen molar-refractivity contribution in [1.82, 2.24) is 4.98 Å². The van der Waals surface area contributed by atoms with Gasteiger partial charge in [0.2, 0.25) is 0 Å². The molecule has 1 aromatic heterocycles. The van der Waals surface area contributed by atoms with Gasteiger partial charge in [-0.05, 0) is 55.6 Å². The quantitative estimate of drug-likeness (QED) is 0.898. The molecule has 0 bridgehead atoms. The van der Waals surface area contributed by atoms with Crippen LogP contribution in [0.1, 0.15) is 56.7 Å². The predicted octanol–water partition coefficient (Wildman–Crippen LogP) is 3.48. The first-order valence-electron chi connectivity index (χ1n) is 7.91. The Labute approximate surface area is 116 Å². The van der Waals surface area contributed by atoms with Crippen LogP contribution in [0.25, 0.3) is 0 Å². The van der Waals surface area contributed by atoms with E-state index in [-0.39, 0.29) is 5.54 Å². The van der Waals surface area contributed by atoms with Crippen LogP contribution >= 0.6 is 0 Å². The second kappa shape index (κ2) is 5.24. The number of nitrogens with two attached hydrogens (primary N) is 1. The van der Waals surface area contributed by atoms with E-state index in [2.05, 4.69) is 24.0 Å². The smallest absolute Gasteiger partial charge is 0.0422 e. The van der Waals surface area contributed by atoms with Crippen LogP contribution in [0, 0.1) is 11.8 Å². The number of nitrogens with zero attached hydrogens (tertiary/aromatic N) is 1. The van der Waals surface area contributed by atoms with E-state index in [1.807, 2.05) is 6.20 Å². The lowest BCUT2D eigenvalue weighted by molar-refractivity contribution is 0.203. The molecule has 2 atom stereocenters. The first kappa shape index (κ1) is 13.1. The zero-order valence-electron chi connectivity index (χ0n) is 12.1. The minimum Gasteiger partial charge on any atom is -0.325 e. The van der Waals surface area contributed by atoms with E-state index in [4.69, 9.17) is 5.73 Å². The fourth-order valence-electron chi connectivity index (χ4n) is 3.70. The van der Waals surface area contributed by atoms with E-state index in [9.17, 15) is 0 Å². The Balaban J connectivity index is 1.65. The molecule has 19 heavy (non-hydrogen) atoms. The maximum absolute atomic E-state index is 6.68. The molecule has 2 fully saturated rings. The van der Waals surface area contributed by atoms with Gasteiger partial charge >= 0.3 is 0 Å². The molecule has 2 unspecified atom stereocenters. The number of rotatable bonds is 4. The van der Waals surface area contributed by atoms with E-state index >= 15 is 0 Å². The van der Waals surface area contributed by atoms with Gasteiger partial charge in [-0.3, -0.25) is 4.98 Å². The monoisotopic (exact) mass is 258 g/mol. The van der Waals surface area contributed by atoms with Crippen molar-refractivity contribution in [3.63, 3.8) is 0 Å². The van der Waals surface area contributed by atoms with Gasteiger partial charge in [0.1, 0.15) is 0 Å². The summed E-state index contributed by atoms with van der Waals surface area (Å²) in [7, 11) is 0. The zero-order valence-corrected chi connectivity index (χ0v) is 12.1. The summed E-state index contributed by atoms with van der Waals surface area (Å²) >= 11 is 0. The van der Waals surface area contributed by atoms with Crippen molar-refractivity contribution in [3.05, 3.63) is 29.6 Å². The molecule has 0 spiro atoms.